The largest absolute Gasteiger partial charge is 0.484 e. The lowest BCUT2D eigenvalue weighted by Crippen LogP contribution is -2.49. The summed E-state index contributed by atoms with van der Waals surface area (Å²) in [5, 5.41) is 2.89. The van der Waals surface area contributed by atoms with E-state index < -0.39 is 0 Å². The summed E-state index contributed by atoms with van der Waals surface area (Å²) in [7, 11) is 2.01. The summed E-state index contributed by atoms with van der Waals surface area (Å²) in [5.74, 6) is 1.68. The number of imidazole rings is 1. The number of aryl methyl sites for hydroxylation is 2. The van der Waals surface area contributed by atoms with Crippen LogP contribution in [0.4, 0.5) is 5.69 Å². The average Bonchev–Trinajstić information content (AvgIpc) is 3.12. The van der Waals surface area contributed by atoms with Gasteiger partial charge in [-0.1, -0.05) is 26.0 Å². The van der Waals surface area contributed by atoms with Crippen LogP contribution in [-0.4, -0.2) is 64.0 Å². The first-order chi connectivity index (χ1) is 16.3. The van der Waals surface area contributed by atoms with E-state index in [1.807, 2.05) is 75.2 Å². The SMILES string of the molecule is Cc1cccc(OCC(=O)Nc2ccc3c(c2)nc(CN2CCN(C(=O)C(C)C)CC2)n3C)c1. The van der Waals surface area contributed by atoms with Gasteiger partial charge in [-0.15, -0.1) is 0 Å². The third-order valence-electron chi connectivity index (χ3n) is 6.16. The molecule has 1 aromatic heterocycles. The minimum absolute atomic E-state index is 0.0372. The summed E-state index contributed by atoms with van der Waals surface area (Å²) >= 11 is 0. The molecule has 8 nitrogen and oxygen atoms in total. The Kier molecular flexibility index (Phi) is 7.17. The van der Waals surface area contributed by atoms with Crippen LogP contribution in [0.5, 0.6) is 5.75 Å². The molecule has 180 valence electrons. The van der Waals surface area contributed by atoms with E-state index in [4.69, 9.17) is 9.72 Å². The Bertz CT molecular complexity index is 1180. The Morgan fingerprint density at radius 2 is 1.85 bits per heavy atom. The van der Waals surface area contributed by atoms with Crippen molar-refractivity contribution in [2.75, 3.05) is 38.1 Å². The van der Waals surface area contributed by atoms with Gasteiger partial charge in [-0.2, -0.15) is 0 Å². The smallest absolute Gasteiger partial charge is 0.262 e. The van der Waals surface area contributed by atoms with Gasteiger partial charge in [0.05, 0.1) is 17.6 Å². The zero-order chi connectivity index (χ0) is 24.2. The van der Waals surface area contributed by atoms with Crippen molar-refractivity contribution < 1.29 is 14.3 Å². The van der Waals surface area contributed by atoms with Gasteiger partial charge in [0.2, 0.25) is 5.91 Å². The molecule has 0 unspecified atom stereocenters. The maximum Gasteiger partial charge on any atom is 0.262 e. The molecule has 34 heavy (non-hydrogen) atoms. The van der Waals surface area contributed by atoms with Crippen LogP contribution in [0.25, 0.3) is 11.0 Å². The first-order valence-electron chi connectivity index (χ1n) is 11.8. The Labute approximate surface area is 200 Å². The Hall–Kier alpha value is -3.39. The average molecular weight is 464 g/mol. The van der Waals surface area contributed by atoms with Crippen LogP contribution in [0.2, 0.25) is 0 Å². The number of aromatic nitrogens is 2. The summed E-state index contributed by atoms with van der Waals surface area (Å²) in [6.45, 7) is 9.72. The number of hydrogen-bond acceptors (Lipinski definition) is 5. The number of carbonyl (C=O) groups is 2. The third-order valence-corrected chi connectivity index (χ3v) is 6.16. The fourth-order valence-electron chi connectivity index (χ4n) is 4.21. The van der Waals surface area contributed by atoms with Crippen LogP contribution < -0.4 is 10.1 Å². The number of piperazine rings is 1. The summed E-state index contributed by atoms with van der Waals surface area (Å²) < 4.78 is 7.68. The van der Waals surface area contributed by atoms with Crippen molar-refractivity contribution in [1.29, 1.82) is 0 Å². The predicted molar refractivity (Wildman–Crippen MR) is 133 cm³/mol. The number of amides is 2. The normalized spacial score (nSPS) is 14.6. The lowest BCUT2D eigenvalue weighted by atomic mass is 10.1. The van der Waals surface area contributed by atoms with E-state index in [1.54, 1.807) is 0 Å². The summed E-state index contributed by atoms with van der Waals surface area (Å²) in [6.07, 6.45) is 0. The molecule has 2 heterocycles. The Morgan fingerprint density at radius 1 is 1.09 bits per heavy atom. The van der Waals surface area contributed by atoms with Gasteiger partial charge in [0.15, 0.2) is 6.61 Å². The van der Waals surface area contributed by atoms with Gasteiger partial charge >= 0.3 is 0 Å². The van der Waals surface area contributed by atoms with Gasteiger partial charge in [0.1, 0.15) is 11.6 Å². The van der Waals surface area contributed by atoms with E-state index in [0.29, 0.717) is 11.4 Å². The molecule has 3 aromatic rings. The highest BCUT2D eigenvalue weighted by Crippen LogP contribution is 2.21. The minimum Gasteiger partial charge on any atom is -0.484 e. The number of anilines is 1. The van der Waals surface area contributed by atoms with E-state index in [9.17, 15) is 9.59 Å². The first-order valence-corrected chi connectivity index (χ1v) is 11.8. The second-order valence-electron chi connectivity index (χ2n) is 9.20. The molecule has 0 spiro atoms. The summed E-state index contributed by atoms with van der Waals surface area (Å²) in [4.78, 5) is 33.7. The zero-order valence-electron chi connectivity index (χ0n) is 20.4. The molecule has 4 rings (SSSR count). The minimum atomic E-state index is -0.217. The number of nitrogens with one attached hydrogen (secondary N) is 1. The molecule has 0 radical (unpaired) electrons. The van der Waals surface area contributed by atoms with Gasteiger partial charge in [0.25, 0.3) is 5.91 Å². The monoisotopic (exact) mass is 463 g/mol. The van der Waals surface area contributed by atoms with Crippen molar-refractivity contribution in [3.63, 3.8) is 0 Å². The Morgan fingerprint density at radius 3 is 2.56 bits per heavy atom. The topological polar surface area (TPSA) is 79.7 Å². The van der Waals surface area contributed by atoms with Crippen molar-refractivity contribution in [2.24, 2.45) is 13.0 Å². The van der Waals surface area contributed by atoms with Crippen LogP contribution in [0.15, 0.2) is 42.5 Å². The molecule has 0 bridgehead atoms. The number of nitrogens with zero attached hydrogens (tertiary/aromatic N) is 4. The number of ether oxygens (including phenoxy) is 1. The van der Waals surface area contributed by atoms with Crippen LogP contribution >= 0.6 is 0 Å². The number of carbonyl (C=O) groups excluding carboxylic acids is 2. The van der Waals surface area contributed by atoms with Crippen molar-refractivity contribution in [3.8, 4) is 5.75 Å². The standard InChI is InChI=1S/C26H33N5O3/c1-18(2)26(33)31-12-10-30(11-13-31)16-24-28-22-15-20(8-9-23(22)29(24)4)27-25(32)17-34-21-7-5-6-19(3)14-21/h5-9,14-15,18H,10-13,16-17H2,1-4H3,(H,27,32). The lowest BCUT2D eigenvalue weighted by molar-refractivity contribution is -0.136. The molecule has 1 N–H and O–H groups in total. The second-order valence-corrected chi connectivity index (χ2v) is 9.20. The van der Waals surface area contributed by atoms with Crippen LogP contribution in [0, 0.1) is 12.8 Å². The Balaban J connectivity index is 1.35. The van der Waals surface area contributed by atoms with Gasteiger partial charge in [0, 0.05) is 44.8 Å². The zero-order valence-corrected chi connectivity index (χ0v) is 20.4. The number of fused-ring (bicyclic) bond motifs is 1. The van der Waals surface area contributed by atoms with Crippen molar-refractivity contribution in [1.82, 2.24) is 19.4 Å². The van der Waals surface area contributed by atoms with Gasteiger partial charge in [-0.3, -0.25) is 14.5 Å². The molecular weight excluding hydrogens is 430 g/mol. The van der Waals surface area contributed by atoms with Crippen molar-refractivity contribution in [3.05, 3.63) is 53.9 Å². The first kappa shape index (κ1) is 23.8. The van der Waals surface area contributed by atoms with Crippen LogP contribution in [-0.2, 0) is 23.2 Å². The quantitative estimate of drug-likeness (QED) is 0.582. The van der Waals surface area contributed by atoms with E-state index in [2.05, 4.69) is 14.8 Å². The summed E-state index contributed by atoms with van der Waals surface area (Å²) in [6, 6.07) is 13.4. The lowest BCUT2D eigenvalue weighted by Gasteiger charge is -2.35. The van der Waals surface area contributed by atoms with Gasteiger partial charge in [-0.25, -0.2) is 4.98 Å². The number of benzene rings is 2. The molecule has 1 aliphatic rings. The van der Waals surface area contributed by atoms with Gasteiger partial charge in [-0.05, 0) is 42.8 Å². The molecule has 2 amide bonds. The molecule has 1 saturated heterocycles. The van der Waals surface area contributed by atoms with Crippen LogP contribution in [0.1, 0.15) is 25.2 Å². The van der Waals surface area contributed by atoms with Crippen molar-refractivity contribution in [2.45, 2.75) is 27.3 Å². The highest BCUT2D eigenvalue weighted by molar-refractivity contribution is 5.94. The molecule has 1 fully saturated rings. The maximum absolute atomic E-state index is 12.4. The fourth-order valence-corrected chi connectivity index (χ4v) is 4.21. The highest BCUT2D eigenvalue weighted by Gasteiger charge is 2.23. The van der Waals surface area contributed by atoms with Crippen LogP contribution in [0.3, 0.4) is 0 Å². The fraction of sp³-hybridized carbons (Fsp3) is 0.423. The van der Waals surface area contributed by atoms with E-state index >= 15 is 0 Å². The predicted octanol–water partition coefficient (Wildman–Crippen LogP) is 3.20. The van der Waals surface area contributed by atoms with E-state index in [-0.39, 0.29) is 24.3 Å². The molecule has 0 saturated carbocycles. The van der Waals surface area contributed by atoms with Gasteiger partial charge < -0.3 is 19.5 Å². The van der Waals surface area contributed by atoms with E-state index in [0.717, 1.165) is 55.1 Å². The molecule has 8 heteroatoms. The molecule has 1 aliphatic heterocycles. The van der Waals surface area contributed by atoms with E-state index in [1.165, 1.54) is 0 Å². The van der Waals surface area contributed by atoms with Crippen molar-refractivity contribution >= 4 is 28.5 Å². The highest BCUT2D eigenvalue weighted by atomic mass is 16.5. The number of rotatable bonds is 7. The maximum atomic E-state index is 12.4. The second kappa shape index (κ2) is 10.3. The molecule has 0 aliphatic carbocycles. The molecular formula is C26H33N5O3. The number of hydrogen-bond donors (Lipinski definition) is 1. The molecule has 2 aromatic carbocycles. The molecule has 0 atom stereocenters. The summed E-state index contributed by atoms with van der Waals surface area (Å²) in [5.41, 5.74) is 3.62. The third kappa shape index (κ3) is 5.56.